The molecule has 1 aliphatic rings. The quantitative estimate of drug-likeness (QED) is 0.865. The molecular formula is C17H20N2O3S. The molecular weight excluding hydrogens is 312 g/mol. The highest BCUT2D eigenvalue weighted by Crippen LogP contribution is 2.22. The van der Waals surface area contributed by atoms with E-state index in [1.807, 2.05) is 37.3 Å². The second kappa shape index (κ2) is 6.29. The number of carbonyl (C=O) groups excluding carboxylic acids is 1. The first-order chi connectivity index (χ1) is 11.0. The van der Waals surface area contributed by atoms with Gasteiger partial charge in [-0.3, -0.25) is 4.79 Å². The van der Waals surface area contributed by atoms with Crippen LogP contribution < -0.4 is 0 Å². The van der Waals surface area contributed by atoms with Gasteiger partial charge in [0, 0.05) is 32.6 Å². The summed E-state index contributed by atoms with van der Waals surface area (Å²) in [5.41, 5.74) is 0. The summed E-state index contributed by atoms with van der Waals surface area (Å²) in [6.07, 6.45) is 0.456. The van der Waals surface area contributed by atoms with Gasteiger partial charge >= 0.3 is 0 Å². The van der Waals surface area contributed by atoms with Crippen molar-refractivity contribution in [3.63, 3.8) is 0 Å². The van der Waals surface area contributed by atoms with Crippen LogP contribution in [-0.4, -0.2) is 49.7 Å². The van der Waals surface area contributed by atoms with Crippen LogP contribution in [0.5, 0.6) is 0 Å². The molecule has 0 spiro atoms. The number of hydrogen-bond acceptors (Lipinski definition) is 3. The van der Waals surface area contributed by atoms with E-state index in [9.17, 15) is 13.2 Å². The lowest BCUT2D eigenvalue weighted by Gasteiger charge is -2.33. The molecule has 122 valence electrons. The number of rotatable bonds is 3. The summed E-state index contributed by atoms with van der Waals surface area (Å²) < 4.78 is 27.1. The fraction of sp³-hybridized carbons (Fsp3) is 0.353. The lowest BCUT2D eigenvalue weighted by molar-refractivity contribution is -0.132. The van der Waals surface area contributed by atoms with Crippen LogP contribution in [0.15, 0.2) is 47.4 Å². The smallest absolute Gasteiger partial charge is 0.243 e. The van der Waals surface area contributed by atoms with Gasteiger partial charge in [-0.15, -0.1) is 0 Å². The first-order valence-electron chi connectivity index (χ1n) is 7.79. The van der Waals surface area contributed by atoms with Crippen LogP contribution in [0, 0.1) is 0 Å². The second-order valence-electron chi connectivity index (χ2n) is 5.65. The van der Waals surface area contributed by atoms with Gasteiger partial charge in [0.15, 0.2) is 0 Å². The summed E-state index contributed by atoms with van der Waals surface area (Å²) in [5, 5.41) is 1.93. The maximum Gasteiger partial charge on any atom is 0.243 e. The second-order valence-corrected chi connectivity index (χ2v) is 7.59. The van der Waals surface area contributed by atoms with Crippen molar-refractivity contribution in [2.75, 3.05) is 26.2 Å². The van der Waals surface area contributed by atoms with Crippen molar-refractivity contribution >= 4 is 26.7 Å². The Kier molecular flexibility index (Phi) is 4.37. The molecule has 1 heterocycles. The highest BCUT2D eigenvalue weighted by molar-refractivity contribution is 7.89. The largest absolute Gasteiger partial charge is 0.340 e. The van der Waals surface area contributed by atoms with Crippen molar-refractivity contribution in [2.24, 2.45) is 0 Å². The molecule has 1 amide bonds. The van der Waals surface area contributed by atoms with E-state index in [0.29, 0.717) is 37.5 Å². The van der Waals surface area contributed by atoms with Gasteiger partial charge in [0.25, 0.3) is 0 Å². The third kappa shape index (κ3) is 3.09. The molecule has 0 aromatic heterocycles. The van der Waals surface area contributed by atoms with Gasteiger partial charge in [-0.05, 0) is 22.9 Å². The van der Waals surface area contributed by atoms with E-state index in [-0.39, 0.29) is 5.91 Å². The average Bonchev–Trinajstić information content (AvgIpc) is 2.60. The highest BCUT2D eigenvalue weighted by atomic mass is 32.2. The fourth-order valence-corrected chi connectivity index (χ4v) is 4.34. The van der Waals surface area contributed by atoms with Crippen molar-refractivity contribution < 1.29 is 13.2 Å². The maximum atomic E-state index is 12.8. The van der Waals surface area contributed by atoms with Gasteiger partial charge < -0.3 is 4.90 Å². The van der Waals surface area contributed by atoms with Gasteiger partial charge in [-0.2, -0.15) is 4.31 Å². The molecule has 23 heavy (non-hydrogen) atoms. The number of fused-ring (bicyclic) bond motifs is 1. The zero-order chi connectivity index (χ0) is 16.4. The van der Waals surface area contributed by atoms with Crippen LogP contribution in [0.3, 0.4) is 0 Å². The van der Waals surface area contributed by atoms with E-state index in [1.54, 1.807) is 17.0 Å². The monoisotopic (exact) mass is 332 g/mol. The minimum atomic E-state index is -3.51. The summed E-state index contributed by atoms with van der Waals surface area (Å²) in [6, 6.07) is 12.9. The Labute approximate surface area is 136 Å². The van der Waals surface area contributed by atoms with Crippen molar-refractivity contribution in [3.8, 4) is 0 Å². The Morgan fingerprint density at radius 3 is 2.30 bits per heavy atom. The Morgan fingerprint density at radius 2 is 1.65 bits per heavy atom. The van der Waals surface area contributed by atoms with Gasteiger partial charge in [-0.25, -0.2) is 8.42 Å². The van der Waals surface area contributed by atoms with E-state index in [0.717, 1.165) is 10.8 Å². The van der Waals surface area contributed by atoms with Crippen LogP contribution in [0.1, 0.15) is 13.3 Å². The number of piperazine rings is 1. The van der Waals surface area contributed by atoms with Crippen molar-refractivity contribution in [1.29, 1.82) is 0 Å². The molecule has 1 aliphatic heterocycles. The van der Waals surface area contributed by atoms with Crippen LogP contribution in [0.25, 0.3) is 10.8 Å². The Hall–Kier alpha value is -1.92. The molecule has 0 bridgehead atoms. The van der Waals surface area contributed by atoms with Crippen molar-refractivity contribution in [2.45, 2.75) is 18.2 Å². The Balaban J connectivity index is 1.82. The summed E-state index contributed by atoms with van der Waals surface area (Å²) in [5.74, 6) is 0.0766. The average molecular weight is 332 g/mol. The minimum absolute atomic E-state index is 0.0766. The first-order valence-corrected chi connectivity index (χ1v) is 9.23. The number of sulfonamides is 1. The number of nitrogens with zero attached hydrogens (tertiary/aromatic N) is 2. The van der Waals surface area contributed by atoms with Gasteiger partial charge in [0.05, 0.1) is 4.90 Å². The van der Waals surface area contributed by atoms with E-state index in [2.05, 4.69) is 0 Å². The van der Waals surface area contributed by atoms with Crippen molar-refractivity contribution in [1.82, 2.24) is 9.21 Å². The van der Waals surface area contributed by atoms with Gasteiger partial charge in [-0.1, -0.05) is 37.3 Å². The molecule has 2 aromatic carbocycles. The lowest BCUT2D eigenvalue weighted by Crippen LogP contribution is -2.50. The summed E-state index contributed by atoms with van der Waals surface area (Å²) in [4.78, 5) is 13.7. The summed E-state index contributed by atoms with van der Waals surface area (Å²) in [7, 11) is -3.51. The molecule has 0 unspecified atom stereocenters. The normalized spacial score (nSPS) is 16.7. The predicted molar refractivity (Wildman–Crippen MR) is 89.6 cm³/mol. The number of hydrogen-bond donors (Lipinski definition) is 0. The highest BCUT2D eigenvalue weighted by Gasteiger charge is 2.29. The fourth-order valence-electron chi connectivity index (χ4n) is 2.88. The van der Waals surface area contributed by atoms with E-state index in [1.165, 1.54) is 4.31 Å². The summed E-state index contributed by atoms with van der Waals surface area (Å²) >= 11 is 0. The molecule has 0 N–H and O–H groups in total. The van der Waals surface area contributed by atoms with Crippen LogP contribution in [-0.2, 0) is 14.8 Å². The zero-order valence-corrected chi connectivity index (χ0v) is 13.9. The molecule has 0 radical (unpaired) electrons. The Bertz CT molecular complexity index is 825. The molecule has 3 rings (SSSR count). The number of carbonyl (C=O) groups is 1. The lowest BCUT2D eigenvalue weighted by atomic mass is 10.1. The standard InChI is InChI=1S/C17H20N2O3S/c1-2-17(20)18-9-11-19(12-10-18)23(21,22)16-8-7-14-5-3-4-6-15(14)13-16/h3-8,13H,2,9-12H2,1H3. The van der Waals surface area contributed by atoms with E-state index in [4.69, 9.17) is 0 Å². The molecule has 2 aromatic rings. The predicted octanol–water partition coefficient (Wildman–Crippen LogP) is 2.08. The van der Waals surface area contributed by atoms with E-state index < -0.39 is 10.0 Å². The molecule has 1 saturated heterocycles. The van der Waals surface area contributed by atoms with Crippen LogP contribution >= 0.6 is 0 Å². The molecule has 0 saturated carbocycles. The van der Waals surface area contributed by atoms with Crippen molar-refractivity contribution in [3.05, 3.63) is 42.5 Å². The Morgan fingerprint density at radius 1 is 1.00 bits per heavy atom. The first kappa shape index (κ1) is 16.0. The van der Waals surface area contributed by atoms with E-state index >= 15 is 0 Å². The molecule has 1 fully saturated rings. The minimum Gasteiger partial charge on any atom is -0.340 e. The van der Waals surface area contributed by atoms with Gasteiger partial charge in [0.2, 0.25) is 15.9 Å². The molecule has 5 nitrogen and oxygen atoms in total. The number of amides is 1. The summed E-state index contributed by atoms with van der Waals surface area (Å²) in [6.45, 7) is 3.43. The molecule has 0 atom stereocenters. The van der Waals surface area contributed by atoms with Crippen LogP contribution in [0.4, 0.5) is 0 Å². The van der Waals surface area contributed by atoms with Crippen LogP contribution in [0.2, 0.25) is 0 Å². The topological polar surface area (TPSA) is 57.7 Å². The molecule has 0 aliphatic carbocycles. The van der Waals surface area contributed by atoms with Gasteiger partial charge in [0.1, 0.15) is 0 Å². The SMILES string of the molecule is CCC(=O)N1CCN(S(=O)(=O)c2ccc3ccccc3c2)CC1. The third-order valence-electron chi connectivity index (χ3n) is 4.25. The zero-order valence-electron chi connectivity index (χ0n) is 13.1. The molecule has 6 heteroatoms. The third-order valence-corrected chi connectivity index (χ3v) is 6.15. The maximum absolute atomic E-state index is 12.8. The number of benzene rings is 2.